The highest BCUT2D eigenvalue weighted by atomic mass is 35.5. The van der Waals surface area contributed by atoms with E-state index in [2.05, 4.69) is 27.7 Å². The highest BCUT2D eigenvalue weighted by Gasteiger charge is 2.21. The van der Waals surface area contributed by atoms with Crippen LogP contribution in [0.15, 0.2) is 0 Å². The van der Waals surface area contributed by atoms with Crippen molar-refractivity contribution in [1.82, 2.24) is 0 Å². The Morgan fingerprint density at radius 2 is 1.85 bits per heavy atom. The molecule has 0 aromatic rings. The Balaban J connectivity index is 3.69. The van der Waals surface area contributed by atoms with Crippen LogP contribution < -0.4 is 0 Å². The Hall–Kier alpha value is 0.290. The number of halogens is 1. The van der Waals surface area contributed by atoms with Crippen LogP contribution in [-0.2, 0) is 0 Å². The minimum absolute atomic E-state index is 0.394. The fraction of sp³-hybridized carbons (Fsp3) is 1.00. The molecule has 0 fully saturated rings. The Kier molecular flexibility index (Phi) is 6.85. The maximum absolute atomic E-state index is 6.00. The average Bonchev–Trinajstić information content (AvgIpc) is 2.04. The summed E-state index contributed by atoms with van der Waals surface area (Å²) in [6.07, 6.45) is 6.50. The molecule has 0 radical (unpaired) electrons. The second-order valence-electron chi connectivity index (χ2n) is 4.98. The van der Waals surface area contributed by atoms with E-state index in [1.807, 2.05) is 0 Å². The van der Waals surface area contributed by atoms with E-state index >= 15 is 0 Å². The molecule has 0 aliphatic rings. The van der Waals surface area contributed by atoms with Crippen LogP contribution in [0.4, 0.5) is 0 Å². The smallest absolute Gasteiger partial charge is 0.0277 e. The van der Waals surface area contributed by atoms with Gasteiger partial charge in [0.1, 0.15) is 0 Å². The van der Waals surface area contributed by atoms with Crippen molar-refractivity contribution in [3.05, 3.63) is 0 Å². The lowest BCUT2D eigenvalue weighted by atomic mass is 9.82. The van der Waals surface area contributed by atoms with Gasteiger partial charge < -0.3 is 0 Å². The summed E-state index contributed by atoms with van der Waals surface area (Å²) >= 11 is 6.00. The first-order chi connectivity index (χ1) is 6.04. The molecular formula is C12H25Cl. The maximum Gasteiger partial charge on any atom is 0.0277 e. The molecule has 0 nitrogen and oxygen atoms in total. The summed E-state index contributed by atoms with van der Waals surface area (Å²) < 4.78 is 0. The van der Waals surface area contributed by atoms with Crippen molar-refractivity contribution in [2.75, 3.05) is 5.88 Å². The van der Waals surface area contributed by atoms with Crippen molar-refractivity contribution >= 4 is 11.6 Å². The second kappa shape index (κ2) is 6.70. The molecule has 1 unspecified atom stereocenters. The van der Waals surface area contributed by atoms with E-state index in [4.69, 9.17) is 11.6 Å². The van der Waals surface area contributed by atoms with Crippen LogP contribution in [0.5, 0.6) is 0 Å². The van der Waals surface area contributed by atoms with Gasteiger partial charge in [-0.1, -0.05) is 47.0 Å². The van der Waals surface area contributed by atoms with Gasteiger partial charge >= 0.3 is 0 Å². The first-order valence-corrected chi connectivity index (χ1v) is 6.13. The summed E-state index contributed by atoms with van der Waals surface area (Å²) in [5.41, 5.74) is 0.394. The van der Waals surface area contributed by atoms with E-state index < -0.39 is 0 Å². The van der Waals surface area contributed by atoms with Gasteiger partial charge in [-0.05, 0) is 24.2 Å². The van der Waals surface area contributed by atoms with Crippen LogP contribution in [0.25, 0.3) is 0 Å². The van der Waals surface area contributed by atoms with Crippen LogP contribution in [-0.4, -0.2) is 5.88 Å². The lowest BCUT2D eigenvalue weighted by Gasteiger charge is -2.26. The molecule has 0 spiro atoms. The van der Waals surface area contributed by atoms with E-state index in [-0.39, 0.29) is 0 Å². The molecule has 0 aromatic carbocycles. The summed E-state index contributed by atoms with van der Waals surface area (Å²) in [6.45, 7) is 9.15. The highest BCUT2D eigenvalue weighted by molar-refractivity contribution is 6.18. The van der Waals surface area contributed by atoms with Crippen molar-refractivity contribution in [3.63, 3.8) is 0 Å². The summed E-state index contributed by atoms with van der Waals surface area (Å²) in [4.78, 5) is 0. The summed E-state index contributed by atoms with van der Waals surface area (Å²) in [5.74, 6) is 1.65. The zero-order chi connectivity index (χ0) is 10.3. The van der Waals surface area contributed by atoms with E-state index in [9.17, 15) is 0 Å². The second-order valence-corrected chi connectivity index (χ2v) is 5.25. The lowest BCUT2D eigenvalue weighted by Crippen LogP contribution is -2.18. The molecule has 0 N–H and O–H groups in total. The quantitative estimate of drug-likeness (QED) is 0.520. The predicted molar refractivity (Wildman–Crippen MR) is 62.4 cm³/mol. The van der Waals surface area contributed by atoms with Crippen LogP contribution in [0.1, 0.15) is 59.8 Å². The zero-order valence-electron chi connectivity index (χ0n) is 9.70. The third-order valence-electron chi connectivity index (χ3n) is 2.74. The molecule has 0 aliphatic carbocycles. The Bertz CT molecular complexity index is 120. The minimum Gasteiger partial charge on any atom is -0.126 e. The van der Waals surface area contributed by atoms with Crippen LogP contribution in [0.3, 0.4) is 0 Å². The number of alkyl halides is 1. The predicted octanol–water partition coefficient (Wildman–Crippen LogP) is 4.86. The Morgan fingerprint density at radius 1 is 1.23 bits per heavy atom. The van der Waals surface area contributed by atoms with E-state index in [1.54, 1.807) is 0 Å². The third-order valence-corrected chi connectivity index (χ3v) is 3.38. The summed E-state index contributed by atoms with van der Waals surface area (Å²) in [5, 5.41) is 0. The summed E-state index contributed by atoms with van der Waals surface area (Å²) in [6, 6.07) is 0. The maximum atomic E-state index is 6.00. The van der Waals surface area contributed by atoms with Crippen LogP contribution in [0.2, 0.25) is 0 Å². The van der Waals surface area contributed by atoms with Gasteiger partial charge in [-0.3, -0.25) is 0 Å². The van der Waals surface area contributed by atoms with Gasteiger partial charge in [0, 0.05) is 5.88 Å². The lowest BCUT2D eigenvalue weighted by molar-refractivity contribution is 0.291. The number of hydrogen-bond acceptors (Lipinski definition) is 0. The molecule has 80 valence electrons. The van der Waals surface area contributed by atoms with Gasteiger partial charge in [0.2, 0.25) is 0 Å². The third kappa shape index (κ3) is 6.37. The first-order valence-electron chi connectivity index (χ1n) is 5.60. The normalized spacial score (nSPS) is 16.2. The molecule has 1 atom stereocenters. The van der Waals surface area contributed by atoms with Gasteiger partial charge in [-0.25, -0.2) is 0 Å². The molecule has 0 aliphatic heterocycles. The van der Waals surface area contributed by atoms with Crippen molar-refractivity contribution in [1.29, 1.82) is 0 Å². The van der Waals surface area contributed by atoms with Gasteiger partial charge in [-0.15, -0.1) is 11.6 Å². The molecule has 0 amide bonds. The molecule has 13 heavy (non-hydrogen) atoms. The molecular weight excluding hydrogens is 180 g/mol. The van der Waals surface area contributed by atoms with E-state index in [0.29, 0.717) is 5.41 Å². The van der Waals surface area contributed by atoms with Crippen molar-refractivity contribution < 1.29 is 0 Å². The molecule has 0 saturated heterocycles. The zero-order valence-corrected chi connectivity index (χ0v) is 10.5. The molecule has 0 bridgehead atoms. The monoisotopic (exact) mass is 204 g/mol. The largest absolute Gasteiger partial charge is 0.126 e. The van der Waals surface area contributed by atoms with Crippen molar-refractivity contribution in [2.45, 2.75) is 59.8 Å². The fourth-order valence-corrected chi connectivity index (χ4v) is 2.07. The van der Waals surface area contributed by atoms with E-state index in [0.717, 1.165) is 11.8 Å². The van der Waals surface area contributed by atoms with Gasteiger partial charge in [-0.2, -0.15) is 0 Å². The first kappa shape index (κ1) is 13.3. The number of hydrogen-bond donors (Lipinski definition) is 0. The number of rotatable bonds is 7. The fourth-order valence-electron chi connectivity index (χ4n) is 1.80. The average molecular weight is 205 g/mol. The van der Waals surface area contributed by atoms with Crippen LogP contribution in [0, 0.1) is 11.3 Å². The summed E-state index contributed by atoms with van der Waals surface area (Å²) in [7, 11) is 0. The molecule has 0 rings (SSSR count). The minimum atomic E-state index is 0.394. The van der Waals surface area contributed by atoms with Gasteiger partial charge in [0.25, 0.3) is 0 Å². The Morgan fingerprint density at radius 3 is 2.23 bits per heavy atom. The molecule has 0 heterocycles. The van der Waals surface area contributed by atoms with Gasteiger partial charge in [0.15, 0.2) is 0 Å². The van der Waals surface area contributed by atoms with Crippen LogP contribution >= 0.6 is 11.6 Å². The van der Waals surface area contributed by atoms with Crippen molar-refractivity contribution in [3.8, 4) is 0 Å². The standard InChI is InChI=1S/C12H25Cl/c1-5-8-12(4,10-13)9-6-7-11(2)3/h11H,5-10H2,1-4H3. The SMILES string of the molecule is CCCC(C)(CCl)CCCC(C)C. The van der Waals surface area contributed by atoms with Crippen molar-refractivity contribution in [2.24, 2.45) is 11.3 Å². The molecule has 0 saturated carbocycles. The Labute approximate surface area is 89.1 Å². The topological polar surface area (TPSA) is 0 Å². The van der Waals surface area contributed by atoms with Gasteiger partial charge in [0.05, 0.1) is 0 Å². The molecule has 0 aromatic heterocycles. The highest BCUT2D eigenvalue weighted by Crippen LogP contribution is 2.31. The molecule has 1 heteroatoms. The van der Waals surface area contributed by atoms with E-state index in [1.165, 1.54) is 32.1 Å².